The fourth-order valence-corrected chi connectivity index (χ4v) is 3.38. The molecule has 130 valence electrons. The summed E-state index contributed by atoms with van der Waals surface area (Å²) in [4.78, 5) is 4.66. The van der Waals surface area contributed by atoms with Crippen LogP contribution in [0.4, 0.5) is 13.2 Å². The maximum atomic E-state index is 13.0. The minimum atomic E-state index is -4.32. The van der Waals surface area contributed by atoms with Gasteiger partial charge in [0.25, 0.3) is 0 Å². The van der Waals surface area contributed by atoms with Crippen molar-refractivity contribution in [1.29, 1.82) is 0 Å². The zero-order chi connectivity index (χ0) is 17.0. The van der Waals surface area contributed by atoms with E-state index in [2.05, 4.69) is 23.6 Å². The third-order valence-corrected chi connectivity index (χ3v) is 4.75. The number of halogens is 3. The van der Waals surface area contributed by atoms with Gasteiger partial charge in [0.05, 0.1) is 5.56 Å². The number of rotatable bonds is 5. The van der Waals surface area contributed by atoms with Gasteiger partial charge in [0.15, 0.2) is 0 Å². The Morgan fingerprint density at radius 2 is 2.00 bits per heavy atom. The van der Waals surface area contributed by atoms with Crippen LogP contribution < -0.4 is 5.73 Å². The van der Waals surface area contributed by atoms with Crippen LogP contribution in [0.15, 0.2) is 24.3 Å². The summed E-state index contributed by atoms with van der Waals surface area (Å²) in [6.07, 6.45) is -3.35. The first-order valence-electron chi connectivity index (χ1n) is 8.26. The van der Waals surface area contributed by atoms with Crippen molar-refractivity contribution in [2.75, 3.05) is 32.7 Å². The zero-order valence-corrected chi connectivity index (χ0v) is 13.8. The molecule has 0 aliphatic carbocycles. The number of nitrogens with two attached hydrogens (primary N) is 1. The molecule has 2 rings (SSSR count). The van der Waals surface area contributed by atoms with Gasteiger partial charge in [-0.05, 0) is 30.7 Å². The quantitative estimate of drug-likeness (QED) is 0.901. The molecule has 2 unspecified atom stereocenters. The lowest BCUT2D eigenvalue weighted by Gasteiger charge is -2.45. The van der Waals surface area contributed by atoms with Crippen LogP contribution in [-0.2, 0) is 6.18 Å². The average molecular weight is 329 g/mol. The first-order chi connectivity index (χ1) is 10.9. The fraction of sp³-hybridized carbons (Fsp3) is 0.647. The Balaban J connectivity index is 2.25. The monoisotopic (exact) mass is 329 g/mol. The largest absolute Gasteiger partial charge is 0.416 e. The van der Waals surface area contributed by atoms with E-state index in [0.717, 1.165) is 38.7 Å². The minimum absolute atomic E-state index is 0.166. The third-order valence-electron chi connectivity index (χ3n) is 4.75. The molecule has 1 aromatic rings. The first-order valence-corrected chi connectivity index (χ1v) is 8.26. The van der Waals surface area contributed by atoms with Crippen LogP contribution in [0.5, 0.6) is 0 Å². The molecular formula is C17H26F3N3. The van der Waals surface area contributed by atoms with E-state index >= 15 is 0 Å². The number of hydrogen-bond donors (Lipinski definition) is 1. The predicted molar refractivity (Wildman–Crippen MR) is 86.1 cm³/mol. The highest BCUT2D eigenvalue weighted by Gasteiger charge is 2.34. The summed E-state index contributed by atoms with van der Waals surface area (Å²) in [6.45, 7) is 8.30. The Morgan fingerprint density at radius 3 is 2.57 bits per heavy atom. The van der Waals surface area contributed by atoms with Gasteiger partial charge in [-0.3, -0.25) is 4.90 Å². The third kappa shape index (κ3) is 4.25. The minimum Gasteiger partial charge on any atom is -0.329 e. The zero-order valence-electron chi connectivity index (χ0n) is 13.8. The molecule has 1 aliphatic rings. The highest BCUT2D eigenvalue weighted by molar-refractivity contribution is 5.28. The van der Waals surface area contributed by atoms with Gasteiger partial charge in [0.2, 0.25) is 0 Å². The van der Waals surface area contributed by atoms with Crippen molar-refractivity contribution >= 4 is 0 Å². The van der Waals surface area contributed by atoms with Crippen molar-refractivity contribution < 1.29 is 13.2 Å². The summed E-state index contributed by atoms with van der Waals surface area (Å²) >= 11 is 0. The smallest absolute Gasteiger partial charge is 0.329 e. The van der Waals surface area contributed by atoms with Crippen molar-refractivity contribution in [2.24, 2.45) is 5.73 Å². The van der Waals surface area contributed by atoms with E-state index < -0.39 is 11.7 Å². The molecule has 0 spiro atoms. The lowest BCUT2D eigenvalue weighted by atomic mass is 9.98. The highest BCUT2D eigenvalue weighted by atomic mass is 19.4. The summed E-state index contributed by atoms with van der Waals surface area (Å²) < 4.78 is 38.9. The lowest BCUT2D eigenvalue weighted by molar-refractivity contribution is -0.137. The summed E-state index contributed by atoms with van der Waals surface area (Å²) in [6, 6.07) is 5.75. The molecule has 1 heterocycles. The summed E-state index contributed by atoms with van der Waals surface area (Å²) in [5.41, 5.74) is 6.00. The predicted octanol–water partition coefficient (Wildman–Crippen LogP) is 3.12. The second kappa shape index (κ2) is 7.64. The van der Waals surface area contributed by atoms with Crippen molar-refractivity contribution in [3.05, 3.63) is 35.4 Å². The number of alkyl halides is 3. The molecule has 6 heteroatoms. The maximum absolute atomic E-state index is 13.0. The topological polar surface area (TPSA) is 32.5 Å². The van der Waals surface area contributed by atoms with Gasteiger partial charge < -0.3 is 10.6 Å². The van der Waals surface area contributed by atoms with Gasteiger partial charge in [0.1, 0.15) is 0 Å². The van der Waals surface area contributed by atoms with Crippen LogP contribution in [0.25, 0.3) is 0 Å². The molecule has 1 aliphatic heterocycles. The normalized spacial score (nSPS) is 22.3. The summed E-state index contributed by atoms with van der Waals surface area (Å²) in [7, 11) is 0. The van der Waals surface area contributed by atoms with E-state index in [0.29, 0.717) is 18.2 Å². The number of piperazine rings is 1. The van der Waals surface area contributed by atoms with Gasteiger partial charge in [-0.25, -0.2) is 0 Å². The van der Waals surface area contributed by atoms with E-state index in [1.807, 2.05) is 0 Å². The van der Waals surface area contributed by atoms with Crippen molar-refractivity contribution in [3.63, 3.8) is 0 Å². The fourth-order valence-electron chi connectivity index (χ4n) is 3.38. The SMILES string of the molecule is CCC1CN(CC)CCN1C(CN)c1cccc(C(F)(F)F)c1. The Hall–Kier alpha value is -1.11. The molecule has 0 amide bonds. The molecule has 1 fully saturated rings. The van der Waals surface area contributed by atoms with Gasteiger partial charge in [-0.2, -0.15) is 13.2 Å². The molecule has 0 bridgehead atoms. The Kier molecular flexibility index (Phi) is 6.06. The van der Waals surface area contributed by atoms with Gasteiger partial charge in [-0.1, -0.05) is 26.0 Å². The molecule has 0 radical (unpaired) electrons. The van der Waals surface area contributed by atoms with Gasteiger partial charge in [-0.15, -0.1) is 0 Å². The summed E-state index contributed by atoms with van der Waals surface area (Å²) in [5, 5.41) is 0. The number of likely N-dealkylation sites (N-methyl/N-ethyl adjacent to an activating group) is 1. The van der Waals surface area contributed by atoms with Crippen molar-refractivity contribution in [3.8, 4) is 0 Å². The number of benzene rings is 1. The van der Waals surface area contributed by atoms with E-state index in [9.17, 15) is 13.2 Å². The second-order valence-corrected chi connectivity index (χ2v) is 6.07. The molecule has 1 aromatic carbocycles. The molecule has 0 saturated carbocycles. The average Bonchev–Trinajstić information content (AvgIpc) is 2.55. The Morgan fingerprint density at radius 1 is 1.26 bits per heavy atom. The molecule has 2 atom stereocenters. The molecule has 23 heavy (non-hydrogen) atoms. The van der Waals surface area contributed by atoms with E-state index in [1.54, 1.807) is 6.07 Å². The Labute approximate surface area is 136 Å². The molecule has 0 aromatic heterocycles. The van der Waals surface area contributed by atoms with Crippen LogP contribution in [0, 0.1) is 0 Å². The molecule has 3 nitrogen and oxygen atoms in total. The standard InChI is InChI=1S/C17H26F3N3/c1-3-15-12-22(4-2)8-9-23(15)16(11-21)13-6-5-7-14(10-13)17(18,19)20/h5-7,10,15-16H,3-4,8-9,11-12,21H2,1-2H3. The number of hydrogen-bond acceptors (Lipinski definition) is 3. The highest BCUT2D eigenvalue weighted by Crippen LogP contribution is 2.33. The summed E-state index contributed by atoms with van der Waals surface area (Å²) in [5.74, 6) is 0. The van der Waals surface area contributed by atoms with Crippen LogP contribution >= 0.6 is 0 Å². The second-order valence-electron chi connectivity index (χ2n) is 6.07. The number of nitrogens with zero attached hydrogens (tertiary/aromatic N) is 2. The van der Waals surface area contributed by atoms with Crippen LogP contribution in [0.3, 0.4) is 0 Å². The van der Waals surface area contributed by atoms with Crippen molar-refractivity contribution in [2.45, 2.75) is 38.5 Å². The van der Waals surface area contributed by atoms with E-state index in [4.69, 9.17) is 5.73 Å². The molecular weight excluding hydrogens is 303 g/mol. The van der Waals surface area contributed by atoms with Crippen LogP contribution in [0.1, 0.15) is 37.4 Å². The molecule has 2 N–H and O–H groups in total. The van der Waals surface area contributed by atoms with Gasteiger partial charge >= 0.3 is 6.18 Å². The lowest BCUT2D eigenvalue weighted by Crippen LogP contribution is -2.54. The first kappa shape index (κ1) is 18.2. The van der Waals surface area contributed by atoms with E-state index in [-0.39, 0.29) is 6.04 Å². The van der Waals surface area contributed by atoms with Gasteiger partial charge in [0, 0.05) is 38.3 Å². The van der Waals surface area contributed by atoms with E-state index in [1.165, 1.54) is 12.1 Å². The van der Waals surface area contributed by atoms with Crippen LogP contribution in [-0.4, -0.2) is 48.6 Å². The maximum Gasteiger partial charge on any atom is 0.416 e. The molecule has 1 saturated heterocycles. The van der Waals surface area contributed by atoms with Crippen LogP contribution in [0.2, 0.25) is 0 Å². The Bertz CT molecular complexity index is 504. The van der Waals surface area contributed by atoms with Crippen molar-refractivity contribution in [1.82, 2.24) is 9.80 Å².